The van der Waals surface area contributed by atoms with E-state index >= 15 is 0 Å². The van der Waals surface area contributed by atoms with Crippen molar-refractivity contribution in [1.82, 2.24) is 0 Å². The van der Waals surface area contributed by atoms with E-state index in [0.29, 0.717) is 6.61 Å². The maximum absolute atomic E-state index is 8.88. The van der Waals surface area contributed by atoms with E-state index in [9.17, 15) is 0 Å². The normalized spacial score (nSPS) is 11.1. The second-order valence-electron chi connectivity index (χ2n) is 6.17. The maximum atomic E-state index is 8.88. The van der Waals surface area contributed by atoms with E-state index in [-0.39, 0.29) is 29.6 Å². The van der Waals surface area contributed by atoms with E-state index in [1.54, 1.807) is 0 Å². The summed E-state index contributed by atoms with van der Waals surface area (Å²) in [4.78, 5) is 21.6. The molecular formula is C18H40NaO5P. The van der Waals surface area contributed by atoms with Crippen molar-refractivity contribution in [2.45, 2.75) is 96.8 Å². The van der Waals surface area contributed by atoms with Crippen molar-refractivity contribution in [2.75, 3.05) is 6.61 Å². The van der Waals surface area contributed by atoms with Gasteiger partial charge in [-0.1, -0.05) is 76.9 Å². The molecule has 0 rings (SSSR count). The molecule has 0 aromatic heterocycles. The predicted octanol–water partition coefficient (Wildman–Crippen LogP) is 4.44. The third kappa shape index (κ3) is 45.7. The molecule has 0 amide bonds. The van der Waals surface area contributed by atoms with E-state index in [1.165, 1.54) is 83.5 Å². The number of aliphatic hydroxyl groups is 1. The second kappa shape index (κ2) is 24.8. The summed E-state index contributed by atoms with van der Waals surface area (Å²) in [7, 11) is -4.64. The molecule has 0 fully saturated rings. The monoisotopic (exact) mass is 390 g/mol. The fourth-order valence-electron chi connectivity index (χ4n) is 2.36. The van der Waals surface area contributed by atoms with Crippen LogP contribution in [-0.4, -0.2) is 56.0 Å². The molecule has 148 valence electrons. The molecule has 0 aliphatic carbocycles. The van der Waals surface area contributed by atoms with Gasteiger partial charge in [0.25, 0.3) is 0 Å². The van der Waals surface area contributed by atoms with Crippen molar-refractivity contribution in [3.63, 3.8) is 0 Å². The molecule has 0 aliphatic heterocycles. The number of rotatable bonds is 15. The molecule has 4 N–H and O–H groups in total. The molecule has 0 unspecified atom stereocenters. The van der Waals surface area contributed by atoms with Gasteiger partial charge in [-0.25, -0.2) is 4.57 Å². The Morgan fingerprint density at radius 2 is 1.00 bits per heavy atom. The topological polar surface area (TPSA) is 98.0 Å². The van der Waals surface area contributed by atoms with Gasteiger partial charge in [-0.15, -0.1) is 0 Å². The van der Waals surface area contributed by atoms with E-state index in [2.05, 4.69) is 19.1 Å². The van der Waals surface area contributed by atoms with Crippen LogP contribution >= 0.6 is 7.82 Å². The van der Waals surface area contributed by atoms with Crippen molar-refractivity contribution < 1.29 is 24.4 Å². The Bertz CT molecular complexity index is 300. The Morgan fingerprint density at radius 3 is 1.36 bits per heavy atom. The summed E-state index contributed by atoms with van der Waals surface area (Å²) < 4.78 is 8.88. The summed E-state index contributed by atoms with van der Waals surface area (Å²) in [6, 6.07) is 0. The fraction of sp³-hybridized carbons (Fsp3) is 0.889. The molecule has 0 spiro atoms. The first kappa shape index (κ1) is 30.5. The number of phosphoric acid groups is 1. The minimum absolute atomic E-state index is 0. The van der Waals surface area contributed by atoms with Gasteiger partial charge in [-0.2, -0.15) is 0 Å². The Labute approximate surface area is 176 Å². The molecule has 7 heteroatoms. The van der Waals surface area contributed by atoms with Crippen LogP contribution in [0, 0.1) is 0 Å². The van der Waals surface area contributed by atoms with Crippen LogP contribution in [0.2, 0.25) is 0 Å². The quantitative estimate of drug-likeness (QED) is 0.143. The van der Waals surface area contributed by atoms with Crippen molar-refractivity contribution >= 4 is 37.4 Å². The van der Waals surface area contributed by atoms with Crippen LogP contribution in [0.15, 0.2) is 12.2 Å². The SMILES string of the molecule is CCCCCCCC/C=C\CCCCCCCCO.O=P(O)(O)O.[NaH]. The Hall–Kier alpha value is 0.810. The average Bonchev–Trinajstić information content (AvgIpc) is 2.49. The third-order valence-corrected chi connectivity index (χ3v) is 3.67. The summed E-state index contributed by atoms with van der Waals surface area (Å²) in [6.45, 7) is 2.64. The molecule has 0 radical (unpaired) electrons. The molecule has 0 aromatic carbocycles. The summed E-state index contributed by atoms with van der Waals surface area (Å²) in [5.74, 6) is 0. The van der Waals surface area contributed by atoms with Gasteiger partial charge in [0.05, 0.1) is 0 Å². The first-order valence-electron chi connectivity index (χ1n) is 9.46. The van der Waals surface area contributed by atoms with Gasteiger partial charge in [-0.05, 0) is 32.1 Å². The summed E-state index contributed by atoms with van der Waals surface area (Å²) >= 11 is 0. The first-order valence-corrected chi connectivity index (χ1v) is 11.0. The molecule has 0 aliphatic rings. The zero-order valence-corrected chi connectivity index (χ0v) is 16.3. The molecular weight excluding hydrogens is 350 g/mol. The van der Waals surface area contributed by atoms with Crippen LogP contribution in [-0.2, 0) is 4.57 Å². The van der Waals surface area contributed by atoms with Crippen LogP contribution in [0.5, 0.6) is 0 Å². The van der Waals surface area contributed by atoms with Crippen LogP contribution in [0.4, 0.5) is 0 Å². The Kier molecular flexibility index (Phi) is 30.3. The average molecular weight is 390 g/mol. The third-order valence-electron chi connectivity index (χ3n) is 3.67. The van der Waals surface area contributed by atoms with Gasteiger partial charge in [-0.3, -0.25) is 0 Å². The summed E-state index contributed by atoms with van der Waals surface area (Å²) in [6.07, 6.45) is 23.2. The first-order chi connectivity index (χ1) is 11.4. The van der Waals surface area contributed by atoms with Crippen molar-refractivity contribution in [3.8, 4) is 0 Å². The molecule has 0 aromatic rings. The number of hydrogen-bond donors (Lipinski definition) is 4. The van der Waals surface area contributed by atoms with Crippen LogP contribution in [0.25, 0.3) is 0 Å². The molecule has 0 saturated carbocycles. The molecule has 0 bridgehead atoms. The number of unbranched alkanes of at least 4 members (excludes halogenated alkanes) is 12. The fourth-order valence-corrected chi connectivity index (χ4v) is 2.36. The Balaban J connectivity index is -0.000000704. The Morgan fingerprint density at radius 1 is 0.680 bits per heavy atom. The zero-order chi connectivity index (χ0) is 18.5. The van der Waals surface area contributed by atoms with Gasteiger partial charge < -0.3 is 19.8 Å². The van der Waals surface area contributed by atoms with Gasteiger partial charge in [0.1, 0.15) is 0 Å². The van der Waals surface area contributed by atoms with E-state index in [1.807, 2.05) is 0 Å². The number of aliphatic hydroxyl groups excluding tert-OH is 1. The predicted molar refractivity (Wildman–Crippen MR) is 108 cm³/mol. The summed E-state index contributed by atoms with van der Waals surface area (Å²) in [5, 5.41) is 8.66. The van der Waals surface area contributed by atoms with Gasteiger partial charge in [0.2, 0.25) is 0 Å². The van der Waals surface area contributed by atoms with Crippen LogP contribution in [0.3, 0.4) is 0 Å². The minimum atomic E-state index is -4.64. The molecule has 5 nitrogen and oxygen atoms in total. The standard InChI is InChI=1S/C18H36O.Na.H3O4P.H/c1-2-3-4-5-6-7-8-9-10-11-12-13-14-15-16-17-18-19;;1-5(2,3)4;/h9-10,19H,2-8,11-18H2,1H3;;(H3,1,2,3,4);/b10-9-;;;. The molecule has 0 atom stereocenters. The van der Waals surface area contributed by atoms with Gasteiger partial charge in [0.15, 0.2) is 0 Å². The molecule has 0 heterocycles. The zero-order valence-electron chi connectivity index (χ0n) is 15.4. The van der Waals surface area contributed by atoms with Crippen molar-refractivity contribution in [2.24, 2.45) is 0 Å². The van der Waals surface area contributed by atoms with Crippen molar-refractivity contribution in [3.05, 3.63) is 12.2 Å². The van der Waals surface area contributed by atoms with Crippen LogP contribution in [0.1, 0.15) is 96.8 Å². The number of hydrogen-bond acceptors (Lipinski definition) is 2. The summed E-state index contributed by atoms with van der Waals surface area (Å²) in [5.41, 5.74) is 0. The van der Waals surface area contributed by atoms with Gasteiger partial charge >= 0.3 is 37.4 Å². The molecule has 25 heavy (non-hydrogen) atoms. The van der Waals surface area contributed by atoms with E-state index in [4.69, 9.17) is 24.4 Å². The number of allylic oxidation sites excluding steroid dienone is 2. The molecule has 0 saturated heterocycles. The van der Waals surface area contributed by atoms with E-state index < -0.39 is 7.82 Å². The van der Waals surface area contributed by atoms with Gasteiger partial charge in [0, 0.05) is 6.61 Å². The van der Waals surface area contributed by atoms with Crippen LogP contribution < -0.4 is 0 Å². The van der Waals surface area contributed by atoms with E-state index in [0.717, 1.165) is 6.42 Å². The second-order valence-corrected chi connectivity index (χ2v) is 7.20. The van der Waals surface area contributed by atoms with Crippen molar-refractivity contribution in [1.29, 1.82) is 0 Å².